The second kappa shape index (κ2) is 6.22. The number of carbonyl (C=O) groups is 1. The van der Waals surface area contributed by atoms with Crippen LogP contribution in [0.2, 0.25) is 0 Å². The van der Waals surface area contributed by atoms with Gasteiger partial charge in [-0.2, -0.15) is 0 Å². The Morgan fingerprint density at radius 2 is 2.25 bits per heavy atom. The zero-order valence-corrected chi connectivity index (χ0v) is 11.9. The zero-order valence-electron chi connectivity index (χ0n) is 11.9. The molecular weight excluding hydrogens is 259 g/mol. The van der Waals surface area contributed by atoms with Crippen molar-refractivity contribution in [2.45, 2.75) is 38.3 Å². The molecule has 0 radical (unpaired) electrons. The number of halogens is 1. The molecule has 3 atom stereocenters. The maximum Gasteiger partial charge on any atom is 0.223 e. The van der Waals surface area contributed by atoms with Crippen molar-refractivity contribution in [3.05, 3.63) is 29.6 Å². The van der Waals surface area contributed by atoms with Crippen LogP contribution in [0.5, 0.6) is 5.75 Å². The number of methoxy groups -OCH3 is 1. The van der Waals surface area contributed by atoms with Gasteiger partial charge in [0.15, 0.2) is 11.6 Å². The monoisotopic (exact) mass is 280 g/mol. The van der Waals surface area contributed by atoms with Crippen LogP contribution in [0.4, 0.5) is 4.39 Å². The minimum atomic E-state index is -0.422. The van der Waals surface area contributed by atoms with E-state index in [-0.39, 0.29) is 29.7 Å². The summed E-state index contributed by atoms with van der Waals surface area (Å²) >= 11 is 0. The van der Waals surface area contributed by atoms with E-state index in [1.54, 1.807) is 12.1 Å². The molecule has 0 saturated heterocycles. The molecule has 1 amide bonds. The number of benzene rings is 1. The normalized spacial score (nSPS) is 23.4. The first kappa shape index (κ1) is 14.8. The number of hydrogen-bond donors (Lipinski definition) is 2. The lowest BCUT2D eigenvalue weighted by molar-refractivity contribution is -0.125. The Kier molecular flexibility index (Phi) is 4.60. The van der Waals surface area contributed by atoms with Crippen LogP contribution in [0.3, 0.4) is 0 Å². The SMILES string of the molecule is COc1ccc(C(C)NC(=O)C2CCC(N)C2)cc1F. The number of carbonyl (C=O) groups excluding carboxylic acids is 1. The highest BCUT2D eigenvalue weighted by Gasteiger charge is 2.28. The molecule has 3 unspecified atom stereocenters. The second-order valence-electron chi connectivity index (χ2n) is 5.39. The highest BCUT2D eigenvalue weighted by molar-refractivity contribution is 5.79. The highest BCUT2D eigenvalue weighted by Crippen LogP contribution is 2.26. The van der Waals surface area contributed by atoms with Gasteiger partial charge in [-0.25, -0.2) is 4.39 Å². The van der Waals surface area contributed by atoms with Crippen molar-refractivity contribution in [2.24, 2.45) is 11.7 Å². The summed E-state index contributed by atoms with van der Waals surface area (Å²) in [6.45, 7) is 1.84. The second-order valence-corrected chi connectivity index (χ2v) is 5.39. The summed E-state index contributed by atoms with van der Waals surface area (Å²) in [6, 6.07) is 4.61. The molecule has 20 heavy (non-hydrogen) atoms. The van der Waals surface area contributed by atoms with E-state index in [9.17, 15) is 9.18 Å². The lowest BCUT2D eigenvalue weighted by Gasteiger charge is -2.18. The average molecular weight is 280 g/mol. The fraction of sp³-hybridized carbons (Fsp3) is 0.533. The van der Waals surface area contributed by atoms with Crippen molar-refractivity contribution in [3.63, 3.8) is 0 Å². The Bertz CT molecular complexity index is 493. The fourth-order valence-corrected chi connectivity index (χ4v) is 2.62. The summed E-state index contributed by atoms with van der Waals surface area (Å²) in [5.41, 5.74) is 6.53. The number of nitrogens with one attached hydrogen (secondary N) is 1. The van der Waals surface area contributed by atoms with Gasteiger partial charge in [0, 0.05) is 12.0 Å². The third-order valence-electron chi connectivity index (χ3n) is 3.88. The molecular formula is C15H21FN2O2. The number of ether oxygens (including phenoxy) is 1. The summed E-state index contributed by atoms with van der Waals surface area (Å²) in [6.07, 6.45) is 2.45. The van der Waals surface area contributed by atoms with Crippen LogP contribution < -0.4 is 15.8 Å². The Balaban J connectivity index is 1.99. The van der Waals surface area contributed by atoms with Crippen molar-refractivity contribution in [1.82, 2.24) is 5.32 Å². The molecule has 0 heterocycles. The van der Waals surface area contributed by atoms with Crippen molar-refractivity contribution >= 4 is 5.91 Å². The molecule has 5 heteroatoms. The number of nitrogens with two attached hydrogens (primary N) is 1. The van der Waals surface area contributed by atoms with E-state index in [0.29, 0.717) is 0 Å². The van der Waals surface area contributed by atoms with Crippen LogP contribution in [-0.2, 0) is 4.79 Å². The van der Waals surface area contributed by atoms with E-state index in [1.165, 1.54) is 13.2 Å². The quantitative estimate of drug-likeness (QED) is 0.888. The van der Waals surface area contributed by atoms with Gasteiger partial charge < -0.3 is 15.8 Å². The standard InChI is InChI=1S/C15H21FN2O2/c1-9(10-4-6-14(20-2)13(16)8-10)18-15(19)11-3-5-12(17)7-11/h4,6,8-9,11-12H,3,5,7,17H2,1-2H3,(H,18,19). The van der Waals surface area contributed by atoms with E-state index in [4.69, 9.17) is 10.5 Å². The maximum absolute atomic E-state index is 13.6. The molecule has 1 saturated carbocycles. The van der Waals surface area contributed by atoms with Gasteiger partial charge in [-0.3, -0.25) is 4.79 Å². The molecule has 1 aromatic carbocycles. The van der Waals surface area contributed by atoms with Gasteiger partial charge in [0.05, 0.1) is 13.2 Å². The highest BCUT2D eigenvalue weighted by atomic mass is 19.1. The lowest BCUT2D eigenvalue weighted by atomic mass is 10.0. The predicted octanol–water partition coefficient (Wildman–Crippen LogP) is 2.14. The molecule has 1 aromatic rings. The molecule has 4 nitrogen and oxygen atoms in total. The first-order valence-corrected chi connectivity index (χ1v) is 6.90. The smallest absolute Gasteiger partial charge is 0.223 e. The molecule has 2 rings (SSSR count). The van der Waals surface area contributed by atoms with Gasteiger partial charge in [-0.15, -0.1) is 0 Å². The van der Waals surface area contributed by atoms with E-state index in [1.807, 2.05) is 6.92 Å². The molecule has 110 valence electrons. The minimum absolute atomic E-state index is 0.00155. The Morgan fingerprint density at radius 3 is 2.80 bits per heavy atom. The molecule has 1 aliphatic rings. The third kappa shape index (κ3) is 3.28. The number of hydrogen-bond acceptors (Lipinski definition) is 3. The number of amides is 1. The van der Waals surface area contributed by atoms with Crippen molar-refractivity contribution < 1.29 is 13.9 Å². The van der Waals surface area contributed by atoms with Crippen LogP contribution in [0, 0.1) is 11.7 Å². The lowest BCUT2D eigenvalue weighted by Crippen LogP contribution is -2.32. The molecule has 1 fully saturated rings. The van der Waals surface area contributed by atoms with Crippen LogP contribution >= 0.6 is 0 Å². The van der Waals surface area contributed by atoms with E-state index < -0.39 is 5.82 Å². The van der Waals surface area contributed by atoms with Gasteiger partial charge >= 0.3 is 0 Å². The average Bonchev–Trinajstić information content (AvgIpc) is 2.85. The van der Waals surface area contributed by atoms with Gasteiger partial charge in [0.1, 0.15) is 0 Å². The number of rotatable bonds is 4. The maximum atomic E-state index is 13.6. The summed E-state index contributed by atoms with van der Waals surface area (Å²) in [5, 5.41) is 2.92. The summed E-state index contributed by atoms with van der Waals surface area (Å²) in [5.74, 6) is -0.236. The van der Waals surface area contributed by atoms with E-state index in [2.05, 4.69) is 5.32 Å². The van der Waals surface area contributed by atoms with Gasteiger partial charge in [-0.1, -0.05) is 6.07 Å². The van der Waals surface area contributed by atoms with Crippen LogP contribution in [0.1, 0.15) is 37.8 Å². The topological polar surface area (TPSA) is 64.3 Å². The predicted molar refractivity (Wildman–Crippen MR) is 74.8 cm³/mol. The molecule has 0 spiro atoms. The van der Waals surface area contributed by atoms with Crippen molar-refractivity contribution in [2.75, 3.05) is 7.11 Å². The Labute approximate surface area is 118 Å². The van der Waals surface area contributed by atoms with Gasteiger partial charge in [0.25, 0.3) is 0 Å². The van der Waals surface area contributed by atoms with Crippen LogP contribution in [0.15, 0.2) is 18.2 Å². The summed E-state index contributed by atoms with van der Waals surface area (Å²) in [7, 11) is 1.42. The van der Waals surface area contributed by atoms with Crippen LogP contribution in [0.25, 0.3) is 0 Å². The van der Waals surface area contributed by atoms with Crippen molar-refractivity contribution in [1.29, 1.82) is 0 Å². The van der Waals surface area contributed by atoms with Gasteiger partial charge in [-0.05, 0) is 43.9 Å². The zero-order chi connectivity index (χ0) is 14.7. The summed E-state index contributed by atoms with van der Waals surface area (Å²) in [4.78, 5) is 12.1. The van der Waals surface area contributed by atoms with E-state index in [0.717, 1.165) is 24.8 Å². The van der Waals surface area contributed by atoms with Crippen molar-refractivity contribution in [3.8, 4) is 5.75 Å². The fourth-order valence-electron chi connectivity index (χ4n) is 2.62. The summed E-state index contributed by atoms with van der Waals surface area (Å²) < 4.78 is 18.5. The molecule has 0 aromatic heterocycles. The largest absolute Gasteiger partial charge is 0.494 e. The molecule has 3 N–H and O–H groups in total. The molecule has 0 aliphatic heterocycles. The Hall–Kier alpha value is -1.62. The minimum Gasteiger partial charge on any atom is -0.494 e. The first-order chi connectivity index (χ1) is 9.51. The first-order valence-electron chi connectivity index (χ1n) is 6.90. The Morgan fingerprint density at radius 1 is 1.50 bits per heavy atom. The molecule has 1 aliphatic carbocycles. The molecule has 0 bridgehead atoms. The van der Waals surface area contributed by atoms with E-state index >= 15 is 0 Å². The van der Waals surface area contributed by atoms with Crippen LogP contribution in [-0.4, -0.2) is 19.1 Å². The van der Waals surface area contributed by atoms with Gasteiger partial charge in [0.2, 0.25) is 5.91 Å². The third-order valence-corrected chi connectivity index (χ3v) is 3.88.